The summed E-state index contributed by atoms with van der Waals surface area (Å²) in [5.74, 6) is -1.25. The van der Waals surface area contributed by atoms with Gasteiger partial charge >= 0.3 is 24.5 Å². The molecular weight excluding hydrogens is 611 g/mol. The van der Waals surface area contributed by atoms with Gasteiger partial charge in [0.2, 0.25) is 0 Å². The van der Waals surface area contributed by atoms with Crippen LogP contribution in [-0.2, 0) is 36.9 Å². The second-order valence-electron chi connectivity index (χ2n) is 10.5. The fourth-order valence-electron chi connectivity index (χ4n) is 5.31. The van der Waals surface area contributed by atoms with E-state index in [4.69, 9.17) is 5.11 Å². The lowest BCUT2D eigenvalue weighted by Gasteiger charge is -2.33. The van der Waals surface area contributed by atoms with Gasteiger partial charge in [0.15, 0.2) is 0 Å². The maximum absolute atomic E-state index is 14.0. The SMILES string of the molecule is Cc1cc2c(cc1C(F)(F)F)N(CCCC(=O)O)CCCC2N(Cc1cc(C(F)(F)F)cc(C(F)(F)F)c1)c1nnn(C)n1. The van der Waals surface area contributed by atoms with Gasteiger partial charge in [-0.2, -0.15) is 44.3 Å². The van der Waals surface area contributed by atoms with Gasteiger partial charge in [0.1, 0.15) is 0 Å². The fourth-order valence-corrected chi connectivity index (χ4v) is 5.31. The summed E-state index contributed by atoms with van der Waals surface area (Å²) in [7, 11) is 1.39. The normalized spacial score (nSPS) is 16.1. The molecule has 1 atom stereocenters. The van der Waals surface area contributed by atoms with E-state index in [-0.39, 0.29) is 61.2 Å². The number of aryl methyl sites for hydroxylation is 2. The van der Waals surface area contributed by atoms with Gasteiger partial charge in [0, 0.05) is 31.7 Å². The zero-order valence-corrected chi connectivity index (χ0v) is 23.4. The van der Waals surface area contributed by atoms with E-state index < -0.39 is 53.8 Å². The molecule has 0 saturated heterocycles. The number of aromatic nitrogens is 4. The monoisotopic (exact) mass is 638 g/mol. The molecule has 0 bridgehead atoms. The second kappa shape index (κ2) is 12.1. The Morgan fingerprint density at radius 1 is 0.977 bits per heavy atom. The van der Waals surface area contributed by atoms with Crippen LogP contribution < -0.4 is 9.80 Å². The molecule has 0 saturated carbocycles. The van der Waals surface area contributed by atoms with Crippen LogP contribution in [0.4, 0.5) is 51.1 Å². The summed E-state index contributed by atoms with van der Waals surface area (Å²) >= 11 is 0. The molecule has 3 aromatic rings. The van der Waals surface area contributed by atoms with E-state index in [9.17, 15) is 44.3 Å². The van der Waals surface area contributed by atoms with Gasteiger partial charge in [0.05, 0.1) is 29.8 Å². The Balaban J connectivity index is 1.88. The number of halogens is 9. The molecule has 1 aromatic heterocycles. The third-order valence-corrected chi connectivity index (χ3v) is 7.23. The largest absolute Gasteiger partial charge is 0.481 e. The van der Waals surface area contributed by atoms with Crippen molar-refractivity contribution in [3.8, 4) is 0 Å². The summed E-state index contributed by atoms with van der Waals surface area (Å²) in [5, 5.41) is 20.8. The molecule has 17 heteroatoms. The number of anilines is 2. The molecule has 2 aromatic carbocycles. The number of nitrogens with zero attached hydrogens (tertiary/aromatic N) is 6. The van der Waals surface area contributed by atoms with Gasteiger partial charge in [-0.25, -0.2) is 0 Å². The highest BCUT2D eigenvalue weighted by Gasteiger charge is 2.39. The number of carboxylic acid groups (broad SMARTS) is 1. The van der Waals surface area contributed by atoms with Crippen molar-refractivity contribution in [2.75, 3.05) is 22.9 Å². The summed E-state index contributed by atoms with van der Waals surface area (Å²) < 4.78 is 124. The van der Waals surface area contributed by atoms with Crippen molar-refractivity contribution in [1.29, 1.82) is 0 Å². The van der Waals surface area contributed by atoms with E-state index in [1.165, 1.54) is 24.9 Å². The van der Waals surface area contributed by atoms with E-state index in [2.05, 4.69) is 15.4 Å². The summed E-state index contributed by atoms with van der Waals surface area (Å²) in [6, 6.07) is 2.49. The smallest absolute Gasteiger partial charge is 0.416 e. The molecule has 8 nitrogen and oxygen atoms in total. The van der Waals surface area contributed by atoms with Crippen molar-refractivity contribution >= 4 is 17.6 Å². The quantitative estimate of drug-likeness (QED) is 0.272. The first kappa shape index (κ1) is 32.9. The van der Waals surface area contributed by atoms with Gasteiger partial charge < -0.3 is 14.9 Å². The minimum atomic E-state index is -5.10. The topological polar surface area (TPSA) is 87.4 Å². The zero-order valence-electron chi connectivity index (χ0n) is 23.4. The molecule has 0 aliphatic carbocycles. The Labute approximate surface area is 245 Å². The van der Waals surface area contributed by atoms with Crippen molar-refractivity contribution in [3.63, 3.8) is 0 Å². The average Bonchev–Trinajstić information content (AvgIpc) is 3.25. The van der Waals surface area contributed by atoms with Crippen LogP contribution in [0.1, 0.15) is 65.1 Å². The molecule has 2 heterocycles. The fraction of sp³-hybridized carbons (Fsp3) is 0.481. The molecule has 44 heavy (non-hydrogen) atoms. The molecular formula is C27H27F9N6O2. The Bertz CT molecular complexity index is 1470. The molecule has 0 fully saturated rings. The third kappa shape index (κ3) is 7.53. The Hall–Kier alpha value is -4.05. The Morgan fingerprint density at radius 3 is 2.14 bits per heavy atom. The van der Waals surface area contributed by atoms with Crippen molar-refractivity contribution < 1.29 is 49.4 Å². The van der Waals surface area contributed by atoms with Crippen LogP contribution in [0.2, 0.25) is 0 Å². The van der Waals surface area contributed by atoms with Gasteiger partial charge in [0.25, 0.3) is 5.95 Å². The number of aliphatic carboxylic acids is 1. The molecule has 0 spiro atoms. The van der Waals surface area contributed by atoms with Gasteiger partial charge in [-0.1, -0.05) is 11.2 Å². The lowest BCUT2D eigenvalue weighted by molar-refractivity contribution is -0.143. The number of hydrogen-bond acceptors (Lipinski definition) is 6. The number of alkyl halides is 9. The van der Waals surface area contributed by atoms with E-state index in [1.807, 2.05) is 0 Å². The predicted molar refractivity (Wildman–Crippen MR) is 139 cm³/mol. The number of carbonyl (C=O) groups is 1. The molecule has 4 rings (SSSR count). The van der Waals surface area contributed by atoms with Crippen molar-refractivity contribution in [2.45, 2.75) is 63.7 Å². The highest BCUT2D eigenvalue weighted by molar-refractivity contribution is 5.67. The maximum atomic E-state index is 14.0. The predicted octanol–water partition coefficient (Wildman–Crippen LogP) is 6.79. The van der Waals surface area contributed by atoms with Crippen LogP contribution in [0.5, 0.6) is 0 Å². The number of fused-ring (bicyclic) bond motifs is 1. The zero-order chi connectivity index (χ0) is 32.6. The number of tetrazole rings is 1. The van der Waals surface area contributed by atoms with Crippen LogP contribution in [-0.4, -0.2) is 44.4 Å². The second-order valence-corrected chi connectivity index (χ2v) is 10.5. The molecule has 1 aliphatic heterocycles. The lowest BCUT2D eigenvalue weighted by atomic mass is 9.94. The van der Waals surface area contributed by atoms with Gasteiger partial charge in [-0.15, -0.1) is 5.10 Å². The summed E-state index contributed by atoms with van der Waals surface area (Å²) in [4.78, 5) is 15.1. The van der Waals surface area contributed by atoms with Crippen molar-refractivity contribution in [2.24, 2.45) is 7.05 Å². The van der Waals surface area contributed by atoms with Crippen LogP contribution >= 0.6 is 0 Å². The number of benzene rings is 2. The van der Waals surface area contributed by atoms with E-state index >= 15 is 0 Å². The average molecular weight is 639 g/mol. The minimum Gasteiger partial charge on any atom is -0.481 e. The highest BCUT2D eigenvalue weighted by atomic mass is 19.4. The Morgan fingerprint density at radius 2 is 1.61 bits per heavy atom. The minimum absolute atomic E-state index is 0.00634. The number of carboxylic acids is 1. The first-order valence-electron chi connectivity index (χ1n) is 13.3. The van der Waals surface area contributed by atoms with E-state index in [1.54, 1.807) is 4.90 Å². The standard InChI is InChI=1S/C27H27F9N6O2/c1-15-9-19-21(5-3-7-41(8-4-6-23(43)44)22(19)13-20(15)27(34,35)36)42(24-37-39-40(2)38-24)14-16-10-17(25(28,29)30)12-18(11-16)26(31,32)33/h9-13,21H,3-8,14H2,1-2H3,(H,43,44). The summed E-state index contributed by atoms with van der Waals surface area (Å²) in [6.45, 7) is 0.986. The van der Waals surface area contributed by atoms with Crippen molar-refractivity contribution in [3.05, 3.63) is 63.7 Å². The molecule has 0 amide bonds. The summed E-state index contributed by atoms with van der Waals surface area (Å²) in [6.07, 6.45) is -14.5. The van der Waals surface area contributed by atoms with E-state index in [0.717, 1.165) is 10.9 Å². The molecule has 0 radical (unpaired) electrons. The van der Waals surface area contributed by atoms with Gasteiger partial charge in [-0.05, 0) is 72.4 Å². The van der Waals surface area contributed by atoms with E-state index in [0.29, 0.717) is 24.1 Å². The van der Waals surface area contributed by atoms with Crippen LogP contribution in [0.3, 0.4) is 0 Å². The molecule has 240 valence electrons. The van der Waals surface area contributed by atoms with Crippen LogP contribution in [0.25, 0.3) is 0 Å². The molecule has 1 unspecified atom stereocenters. The van der Waals surface area contributed by atoms with Crippen LogP contribution in [0, 0.1) is 6.92 Å². The van der Waals surface area contributed by atoms with Crippen molar-refractivity contribution in [1.82, 2.24) is 20.2 Å². The lowest BCUT2D eigenvalue weighted by Crippen LogP contribution is -2.31. The summed E-state index contributed by atoms with van der Waals surface area (Å²) in [5.41, 5.74) is -4.09. The highest BCUT2D eigenvalue weighted by Crippen LogP contribution is 2.44. The van der Waals surface area contributed by atoms with Gasteiger partial charge in [-0.3, -0.25) is 4.79 Å². The maximum Gasteiger partial charge on any atom is 0.416 e. The Kier molecular flexibility index (Phi) is 9.07. The first-order chi connectivity index (χ1) is 20.3. The number of rotatable bonds is 8. The number of hydrogen-bond donors (Lipinski definition) is 1. The van der Waals surface area contributed by atoms with Crippen LogP contribution in [0.15, 0.2) is 30.3 Å². The molecule has 1 N–H and O–H groups in total. The third-order valence-electron chi connectivity index (χ3n) is 7.23. The molecule has 1 aliphatic rings. The first-order valence-corrected chi connectivity index (χ1v) is 13.3.